The van der Waals surface area contributed by atoms with Crippen LogP contribution in [0.25, 0.3) is 0 Å². The summed E-state index contributed by atoms with van der Waals surface area (Å²) in [4.78, 5) is 51.2. The maximum atomic E-state index is 13.4. The van der Waals surface area contributed by atoms with Gasteiger partial charge in [-0.05, 0) is 48.9 Å². The van der Waals surface area contributed by atoms with Gasteiger partial charge in [-0.2, -0.15) is 0 Å². The van der Waals surface area contributed by atoms with Crippen molar-refractivity contribution < 1.29 is 29.4 Å². The number of rotatable bonds is 17. The summed E-state index contributed by atoms with van der Waals surface area (Å²) in [6.45, 7) is 7.69. The van der Waals surface area contributed by atoms with E-state index in [1.54, 1.807) is 26.0 Å². The second kappa shape index (κ2) is 16.6. The number of benzene rings is 1. The molecule has 11 nitrogen and oxygen atoms in total. The molecule has 38 heavy (non-hydrogen) atoms. The standard InChI is InChI=1S/C27H45N5O6/c1-5-16(3)22(26(36)32-23(27(37)38)17(4)6-2)31-25(35)21(15-18-10-12-19(33)13-11-18)30-24(34)20(29)9-7-8-14-28/h10-13,16-17,20-23,33H,5-9,14-15,28-29H2,1-4H3,(H,30,34)(H,31,35)(H,32,36)(H,37,38). The number of hydrogen-bond acceptors (Lipinski definition) is 7. The zero-order valence-electron chi connectivity index (χ0n) is 22.9. The average molecular weight is 536 g/mol. The molecular weight excluding hydrogens is 490 g/mol. The van der Waals surface area contributed by atoms with E-state index in [-0.39, 0.29) is 24.0 Å². The highest BCUT2D eigenvalue weighted by Gasteiger charge is 2.34. The smallest absolute Gasteiger partial charge is 0.326 e. The van der Waals surface area contributed by atoms with Crippen molar-refractivity contribution in [3.8, 4) is 5.75 Å². The van der Waals surface area contributed by atoms with Gasteiger partial charge in [-0.3, -0.25) is 14.4 Å². The molecule has 3 amide bonds. The number of phenols is 1. The maximum Gasteiger partial charge on any atom is 0.326 e. The van der Waals surface area contributed by atoms with E-state index in [0.717, 1.165) is 6.42 Å². The molecule has 0 aliphatic heterocycles. The average Bonchev–Trinajstić information content (AvgIpc) is 2.89. The molecule has 0 spiro atoms. The van der Waals surface area contributed by atoms with Gasteiger partial charge in [0.1, 0.15) is 23.9 Å². The Balaban J connectivity index is 3.15. The molecule has 0 radical (unpaired) electrons. The van der Waals surface area contributed by atoms with Gasteiger partial charge in [0.15, 0.2) is 0 Å². The lowest BCUT2D eigenvalue weighted by atomic mass is 9.94. The van der Waals surface area contributed by atoms with Gasteiger partial charge in [0.25, 0.3) is 0 Å². The number of aromatic hydroxyl groups is 1. The van der Waals surface area contributed by atoms with E-state index in [9.17, 15) is 29.4 Å². The SMILES string of the molecule is CCC(C)C(NC(=O)C(NC(=O)C(Cc1ccc(O)cc1)NC(=O)C(N)CCCCN)C(C)CC)C(=O)O. The van der Waals surface area contributed by atoms with Crippen LogP contribution in [0.1, 0.15) is 65.4 Å². The van der Waals surface area contributed by atoms with Gasteiger partial charge in [-0.1, -0.05) is 59.1 Å². The summed E-state index contributed by atoms with van der Waals surface area (Å²) in [6, 6.07) is 2.19. The molecule has 0 saturated carbocycles. The Morgan fingerprint density at radius 1 is 0.842 bits per heavy atom. The molecule has 0 heterocycles. The zero-order chi connectivity index (χ0) is 28.8. The van der Waals surface area contributed by atoms with Gasteiger partial charge in [0.05, 0.1) is 6.04 Å². The Bertz CT molecular complexity index is 910. The predicted octanol–water partition coefficient (Wildman–Crippen LogP) is 1.02. The monoisotopic (exact) mass is 535 g/mol. The summed E-state index contributed by atoms with van der Waals surface area (Å²) >= 11 is 0. The van der Waals surface area contributed by atoms with Crippen molar-refractivity contribution in [2.45, 2.75) is 90.4 Å². The molecule has 0 aliphatic rings. The molecule has 0 fully saturated rings. The first kappa shape index (κ1) is 32.8. The lowest BCUT2D eigenvalue weighted by Crippen LogP contribution is -2.59. The summed E-state index contributed by atoms with van der Waals surface area (Å²) in [5.41, 5.74) is 12.2. The molecule has 1 aromatic rings. The minimum atomic E-state index is -1.15. The molecule has 0 aliphatic carbocycles. The highest BCUT2D eigenvalue weighted by Crippen LogP contribution is 2.15. The van der Waals surface area contributed by atoms with Crippen molar-refractivity contribution in [2.24, 2.45) is 23.3 Å². The van der Waals surface area contributed by atoms with Crippen LogP contribution in [0.4, 0.5) is 0 Å². The highest BCUT2D eigenvalue weighted by atomic mass is 16.4. The Morgan fingerprint density at radius 2 is 1.39 bits per heavy atom. The molecule has 1 aromatic carbocycles. The molecular formula is C27H45N5O6. The molecule has 0 bridgehead atoms. The molecule has 6 unspecified atom stereocenters. The first-order valence-electron chi connectivity index (χ1n) is 13.3. The van der Waals surface area contributed by atoms with Crippen LogP contribution >= 0.6 is 0 Å². The minimum absolute atomic E-state index is 0.0588. The molecule has 1 rings (SSSR count). The first-order valence-corrected chi connectivity index (χ1v) is 13.3. The normalized spacial score (nSPS) is 15.8. The number of hydrogen-bond donors (Lipinski definition) is 7. The number of phenolic OH excluding ortho intramolecular Hbond substituents is 1. The molecule has 6 atom stereocenters. The predicted molar refractivity (Wildman–Crippen MR) is 145 cm³/mol. The van der Waals surface area contributed by atoms with Crippen molar-refractivity contribution in [3.05, 3.63) is 29.8 Å². The second-order valence-corrected chi connectivity index (χ2v) is 9.90. The van der Waals surface area contributed by atoms with E-state index in [2.05, 4.69) is 16.0 Å². The van der Waals surface area contributed by atoms with E-state index in [0.29, 0.717) is 37.8 Å². The van der Waals surface area contributed by atoms with Crippen molar-refractivity contribution in [2.75, 3.05) is 6.54 Å². The summed E-state index contributed by atoms with van der Waals surface area (Å²) in [7, 11) is 0. The van der Waals surface area contributed by atoms with E-state index >= 15 is 0 Å². The second-order valence-electron chi connectivity index (χ2n) is 9.90. The van der Waals surface area contributed by atoms with Gasteiger partial charge in [-0.25, -0.2) is 4.79 Å². The third-order valence-corrected chi connectivity index (χ3v) is 6.89. The number of carboxylic acid groups (broad SMARTS) is 1. The van der Waals surface area contributed by atoms with Crippen LogP contribution < -0.4 is 27.4 Å². The van der Waals surface area contributed by atoms with E-state index in [1.807, 2.05) is 13.8 Å². The number of nitrogens with one attached hydrogen (secondary N) is 3. The first-order chi connectivity index (χ1) is 17.9. The fourth-order valence-electron chi connectivity index (χ4n) is 3.88. The van der Waals surface area contributed by atoms with Crippen LogP contribution in [0.3, 0.4) is 0 Å². The summed E-state index contributed by atoms with van der Waals surface area (Å²) in [6.07, 6.45) is 2.97. The van der Waals surface area contributed by atoms with E-state index in [1.165, 1.54) is 12.1 Å². The Kier molecular flexibility index (Phi) is 14.4. The van der Waals surface area contributed by atoms with E-state index < -0.39 is 47.9 Å². The van der Waals surface area contributed by atoms with Gasteiger partial charge < -0.3 is 37.6 Å². The molecule has 214 valence electrons. The van der Waals surface area contributed by atoms with Crippen LogP contribution in [0, 0.1) is 11.8 Å². The molecule has 0 aromatic heterocycles. The molecule has 9 N–H and O–H groups in total. The van der Waals surface area contributed by atoms with Gasteiger partial charge >= 0.3 is 5.97 Å². The van der Waals surface area contributed by atoms with Crippen molar-refractivity contribution in [3.63, 3.8) is 0 Å². The topological polar surface area (TPSA) is 197 Å². The van der Waals surface area contributed by atoms with Crippen molar-refractivity contribution >= 4 is 23.7 Å². The fourth-order valence-corrected chi connectivity index (χ4v) is 3.88. The largest absolute Gasteiger partial charge is 0.508 e. The number of carbonyl (C=O) groups is 4. The van der Waals surface area contributed by atoms with Gasteiger partial charge in [-0.15, -0.1) is 0 Å². The lowest BCUT2D eigenvalue weighted by molar-refractivity contribution is -0.144. The Hall–Kier alpha value is -3.18. The Labute approximate surface area is 225 Å². The number of aliphatic carboxylic acids is 1. The van der Waals surface area contributed by atoms with Crippen LogP contribution in [0.15, 0.2) is 24.3 Å². The number of amides is 3. The zero-order valence-corrected chi connectivity index (χ0v) is 22.9. The van der Waals surface area contributed by atoms with E-state index in [4.69, 9.17) is 11.5 Å². The highest BCUT2D eigenvalue weighted by molar-refractivity contribution is 5.94. The third-order valence-electron chi connectivity index (χ3n) is 6.89. The molecule has 0 saturated heterocycles. The van der Waals surface area contributed by atoms with Crippen LogP contribution in [-0.4, -0.2) is 64.6 Å². The van der Waals surface area contributed by atoms with Crippen LogP contribution in [0.2, 0.25) is 0 Å². The third kappa shape index (κ3) is 10.7. The van der Waals surface area contributed by atoms with Crippen LogP contribution in [-0.2, 0) is 25.6 Å². The number of nitrogens with two attached hydrogens (primary N) is 2. The summed E-state index contributed by atoms with van der Waals surface area (Å²) in [5.74, 6) is -3.43. The molecule has 11 heteroatoms. The van der Waals surface area contributed by atoms with Gasteiger partial charge in [0, 0.05) is 6.42 Å². The Morgan fingerprint density at radius 3 is 1.92 bits per heavy atom. The summed E-state index contributed by atoms with van der Waals surface area (Å²) < 4.78 is 0. The number of unbranched alkanes of at least 4 members (excludes halogenated alkanes) is 1. The van der Waals surface area contributed by atoms with Crippen molar-refractivity contribution in [1.82, 2.24) is 16.0 Å². The minimum Gasteiger partial charge on any atom is -0.508 e. The number of carboxylic acids is 1. The van der Waals surface area contributed by atoms with Crippen molar-refractivity contribution in [1.29, 1.82) is 0 Å². The maximum absolute atomic E-state index is 13.4. The van der Waals surface area contributed by atoms with Gasteiger partial charge in [0.2, 0.25) is 17.7 Å². The van der Waals surface area contributed by atoms with Crippen LogP contribution in [0.5, 0.6) is 5.75 Å². The fraction of sp³-hybridized carbons (Fsp3) is 0.630. The lowest BCUT2D eigenvalue weighted by Gasteiger charge is -2.29. The summed E-state index contributed by atoms with van der Waals surface area (Å²) in [5, 5.41) is 27.2. The number of carbonyl (C=O) groups excluding carboxylic acids is 3. The quantitative estimate of drug-likeness (QED) is 0.143.